The van der Waals surface area contributed by atoms with Crippen LogP contribution in [0, 0.1) is 0 Å². The van der Waals surface area contributed by atoms with Crippen LogP contribution in [0.4, 0.5) is 0 Å². The standard InChI is InChI=1S/C18H19N5OS/c1-24-16-6-7-17-15(10-16)12-23(8-9-25-17)11-13-2-4-14(5-3-13)18-19-21-22-20-18/h2-7,10H,8-9,11-12H2,1H3,(H,19,20,21,22). The Morgan fingerprint density at radius 1 is 1.20 bits per heavy atom. The fourth-order valence-corrected chi connectivity index (χ4v) is 4.03. The molecule has 4 rings (SSSR count). The average Bonchev–Trinajstić information content (AvgIpc) is 3.10. The topological polar surface area (TPSA) is 66.9 Å². The number of rotatable bonds is 4. The van der Waals surface area contributed by atoms with Gasteiger partial charge >= 0.3 is 0 Å². The van der Waals surface area contributed by atoms with Crippen LogP contribution in [0.5, 0.6) is 5.75 Å². The number of methoxy groups -OCH3 is 1. The number of aromatic nitrogens is 4. The minimum atomic E-state index is 0.624. The number of nitrogens with zero attached hydrogens (tertiary/aromatic N) is 4. The van der Waals surface area contributed by atoms with Crippen LogP contribution in [0.2, 0.25) is 0 Å². The molecule has 0 aliphatic carbocycles. The highest BCUT2D eigenvalue weighted by molar-refractivity contribution is 7.99. The van der Waals surface area contributed by atoms with E-state index >= 15 is 0 Å². The predicted octanol–water partition coefficient (Wildman–Crippen LogP) is 2.98. The molecular weight excluding hydrogens is 334 g/mol. The fraction of sp³-hybridized carbons (Fsp3) is 0.278. The van der Waals surface area contributed by atoms with Crippen molar-refractivity contribution >= 4 is 11.8 Å². The number of hydrogen-bond donors (Lipinski definition) is 1. The van der Waals surface area contributed by atoms with E-state index in [4.69, 9.17) is 4.74 Å². The maximum atomic E-state index is 5.38. The van der Waals surface area contributed by atoms with Crippen molar-refractivity contribution in [1.82, 2.24) is 25.5 Å². The van der Waals surface area contributed by atoms with Gasteiger partial charge in [0, 0.05) is 35.8 Å². The predicted molar refractivity (Wildman–Crippen MR) is 97.4 cm³/mol. The van der Waals surface area contributed by atoms with E-state index in [1.54, 1.807) is 7.11 Å². The first-order chi connectivity index (χ1) is 12.3. The minimum absolute atomic E-state index is 0.624. The molecule has 2 aromatic carbocycles. The number of benzene rings is 2. The van der Waals surface area contributed by atoms with Crippen LogP contribution in [-0.2, 0) is 13.1 Å². The lowest BCUT2D eigenvalue weighted by atomic mass is 10.1. The molecule has 0 radical (unpaired) electrons. The van der Waals surface area contributed by atoms with Crippen LogP contribution in [0.1, 0.15) is 11.1 Å². The van der Waals surface area contributed by atoms with Gasteiger partial charge in [0.25, 0.3) is 0 Å². The second kappa shape index (κ2) is 7.25. The second-order valence-electron chi connectivity index (χ2n) is 5.97. The number of hydrogen-bond acceptors (Lipinski definition) is 6. The Hall–Kier alpha value is -2.38. The molecule has 0 spiro atoms. The summed E-state index contributed by atoms with van der Waals surface area (Å²) < 4.78 is 5.38. The van der Waals surface area contributed by atoms with E-state index in [0.717, 1.165) is 36.7 Å². The zero-order valence-corrected chi connectivity index (χ0v) is 14.8. The highest BCUT2D eigenvalue weighted by atomic mass is 32.2. The largest absolute Gasteiger partial charge is 0.497 e. The van der Waals surface area contributed by atoms with E-state index in [1.165, 1.54) is 16.0 Å². The van der Waals surface area contributed by atoms with Crippen LogP contribution in [-0.4, -0.2) is 44.9 Å². The van der Waals surface area contributed by atoms with Crippen LogP contribution in [0.15, 0.2) is 47.4 Å². The third-order valence-corrected chi connectivity index (χ3v) is 5.39. The summed E-state index contributed by atoms with van der Waals surface area (Å²) in [6.45, 7) is 2.92. The SMILES string of the molecule is COc1ccc2c(c1)CN(Cc1ccc(-c3nn[nH]n3)cc1)CCS2. The molecule has 1 aliphatic heterocycles. The molecule has 0 saturated heterocycles. The van der Waals surface area contributed by atoms with Crippen molar-refractivity contribution in [2.75, 3.05) is 19.4 Å². The molecule has 0 fully saturated rings. The molecule has 6 nitrogen and oxygen atoms in total. The summed E-state index contributed by atoms with van der Waals surface area (Å²) >= 11 is 1.92. The van der Waals surface area contributed by atoms with Gasteiger partial charge in [0.05, 0.1) is 7.11 Å². The Kier molecular flexibility index (Phi) is 4.67. The highest BCUT2D eigenvalue weighted by Crippen LogP contribution is 2.31. The summed E-state index contributed by atoms with van der Waals surface area (Å²) in [7, 11) is 1.72. The third-order valence-electron chi connectivity index (χ3n) is 4.29. The van der Waals surface area contributed by atoms with Crippen LogP contribution in [0.3, 0.4) is 0 Å². The van der Waals surface area contributed by atoms with Crippen LogP contribution in [0.25, 0.3) is 11.4 Å². The molecule has 0 unspecified atom stereocenters. The van der Waals surface area contributed by atoms with Gasteiger partial charge in [-0.1, -0.05) is 24.3 Å². The number of ether oxygens (including phenoxy) is 1. The first-order valence-electron chi connectivity index (χ1n) is 8.16. The molecule has 1 aromatic heterocycles. The first kappa shape index (κ1) is 16.1. The zero-order chi connectivity index (χ0) is 17.1. The van der Waals surface area contributed by atoms with Gasteiger partial charge in [-0.25, -0.2) is 0 Å². The van der Waals surface area contributed by atoms with E-state index in [2.05, 4.69) is 49.8 Å². The van der Waals surface area contributed by atoms with E-state index < -0.39 is 0 Å². The number of H-pyrrole nitrogens is 1. The van der Waals surface area contributed by atoms with Crippen molar-refractivity contribution in [2.45, 2.75) is 18.0 Å². The van der Waals surface area contributed by atoms with Gasteiger partial charge in [0.2, 0.25) is 5.82 Å². The molecule has 0 amide bonds. The van der Waals surface area contributed by atoms with Gasteiger partial charge in [-0.2, -0.15) is 5.21 Å². The van der Waals surface area contributed by atoms with E-state index in [9.17, 15) is 0 Å². The maximum absolute atomic E-state index is 5.38. The highest BCUT2D eigenvalue weighted by Gasteiger charge is 2.16. The van der Waals surface area contributed by atoms with Gasteiger partial charge in [-0.3, -0.25) is 4.90 Å². The Morgan fingerprint density at radius 3 is 2.84 bits per heavy atom. The molecule has 7 heteroatoms. The summed E-state index contributed by atoms with van der Waals surface area (Å²) in [5.74, 6) is 2.64. The third kappa shape index (κ3) is 3.67. The molecule has 128 valence electrons. The smallest absolute Gasteiger partial charge is 0.204 e. The van der Waals surface area contributed by atoms with Gasteiger partial charge in [-0.05, 0) is 34.5 Å². The molecule has 0 atom stereocenters. The minimum Gasteiger partial charge on any atom is -0.497 e. The maximum Gasteiger partial charge on any atom is 0.204 e. The molecule has 3 aromatic rings. The normalized spacial score (nSPS) is 14.8. The molecule has 1 N–H and O–H groups in total. The Balaban J connectivity index is 1.48. The molecular formula is C18H19N5OS. The lowest BCUT2D eigenvalue weighted by Crippen LogP contribution is -2.24. The Bertz CT molecular complexity index is 835. The Morgan fingerprint density at radius 2 is 2.08 bits per heavy atom. The van der Waals surface area contributed by atoms with E-state index in [-0.39, 0.29) is 0 Å². The summed E-state index contributed by atoms with van der Waals surface area (Å²) in [6, 6.07) is 14.7. The van der Waals surface area contributed by atoms with Gasteiger partial charge in [0.15, 0.2) is 0 Å². The van der Waals surface area contributed by atoms with Crippen molar-refractivity contribution in [2.24, 2.45) is 0 Å². The lowest BCUT2D eigenvalue weighted by molar-refractivity contribution is 0.274. The van der Waals surface area contributed by atoms with E-state index in [0.29, 0.717) is 5.82 Å². The van der Waals surface area contributed by atoms with Crippen molar-refractivity contribution in [1.29, 1.82) is 0 Å². The van der Waals surface area contributed by atoms with Gasteiger partial charge in [-0.15, -0.1) is 22.0 Å². The molecule has 25 heavy (non-hydrogen) atoms. The fourth-order valence-electron chi connectivity index (χ4n) is 2.99. The first-order valence-corrected chi connectivity index (χ1v) is 9.15. The summed E-state index contributed by atoms with van der Waals surface area (Å²) in [5, 5.41) is 14.1. The molecule has 0 saturated carbocycles. The number of fused-ring (bicyclic) bond motifs is 1. The quantitative estimate of drug-likeness (QED) is 0.778. The van der Waals surface area contributed by atoms with Crippen LogP contribution < -0.4 is 4.74 Å². The zero-order valence-electron chi connectivity index (χ0n) is 14.0. The lowest BCUT2D eigenvalue weighted by Gasteiger charge is -2.20. The summed E-state index contributed by atoms with van der Waals surface area (Å²) in [4.78, 5) is 3.83. The van der Waals surface area contributed by atoms with Crippen molar-refractivity contribution in [3.05, 3.63) is 53.6 Å². The molecule has 2 heterocycles. The van der Waals surface area contributed by atoms with Crippen LogP contribution >= 0.6 is 11.8 Å². The van der Waals surface area contributed by atoms with Gasteiger partial charge < -0.3 is 4.74 Å². The number of aromatic amines is 1. The van der Waals surface area contributed by atoms with E-state index in [1.807, 2.05) is 30.0 Å². The summed E-state index contributed by atoms with van der Waals surface area (Å²) in [5.41, 5.74) is 3.59. The number of thioether (sulfide) groups is 1. The van der Waals surface area contributed by atoms with Crippen molar-refractivity contribution < 1.29 is 4.74 Å². The summed E-state index contributed by atoms with van der Waals surface area (Å²) in [6.07, 6.45) is 0. The second-order valence-corrected chi connectivity index (χ2v) is 7.10. The van der Waals surface area contributed by atoms with Crippen molar-refractivity contribution in [3.63, 3.8) is 0 Å². The number of nitrogens with one attached hydrogen (secondary N) is 1. The molecule has 1 aliphatic rings. The molecule has 0 bridgehead atoms. The monoisotopic (exact) mass is 353 g/mol. The number of tetrazole rings is 1. The van der Waals surface area contributed by atoms with Crippen molar-refractivity contribution in [3.8, 4) is 17.1 Å². The average molecular weight is 353 g/mol. The van der Waals surface area contributed by atoms with Gasteiger partial charge in [0.1, 0.15) is 5.75 Å². The Labute approximate surface area is 150 Å².